The van der Waals surface area contributed by atoms with Crippen LogP contribution in [0, 0.1) is 13.8 Å². The summed E-state index contributed by atoms with van der Waals surface area (Å²) in [6, 6.07) is 20.7. The molecule has 3 rings (SSSR count). The van der Waals surface area contributed by atoms with Crippen molar-refractivity contribution in [3.05, 3.63) is 100 Å². The minimum atomic E-state index is -0.568. The van der Waals surface area contributed by atoms with Crippen molar-refractivity contribution in [2.75, 3.05) is 0 Å². The van der Waals surface area contributed by atoms with Gasteiger partial charge >= 0.3 is 40.5 Å². The maximum Gasteiger partial charge on any atom is 0.405 e. The van der Waals surface area contributed by atoms with Gasteiger partial charge in [0, 0.05) is 13.0 Å². The maximum absolute atomic E-state index is 12.9. The summed E-state index contributed by atoms with van der Waals surface area (Å²) >= 11 is 2.00. The molecule has 3 aromatic rings. The molecule has 2 aromatic carbocycles. The quantitative estimate of drug-likeness (QED) is 0.368. The fourth-order valence-electron chi connectivity index (χ4n) is 2.93. The van der Waals surface area contributed by atoms with Crippen LogP contribution >= 0.6 is 22.9 Å². The fourth-order valence-corrected chi connectivity index (χ4v) is 3.51. The van der Waals surface area contributed by atoms with Crippen LogP contribution < -0.4 is 2.78 Å². The van der Waals surface area contributed by atoms with Gasteiger partial charge in [-0.25, -0.2) is 9.59 Å². The lowest BCUT2D eigenvalue weighted by Crippen LogP contribution is -2.37. The van der Waals surface area contributed by atoms with Gasteiger partial charge in [-0.3, -0.25) is 0 Å². The molecule has 0 amide bonds. The summed E-state index contributed by atoms with van der Waals surface area (Å²) in [7, 11) is 0. The molecule has 0 aliphatic heterocycles. The van der Waals surface area contributed by atoms with Gasteiger partial charge in [0.2, 0.25) is 0 Å². The van der Waals surface area contributed by atoms with Crippen LogP contribution in [0.5, 0.6) is 0 Å². The highest BCUT2D eigenvalue weighted by Gasteiger charge is 2.33. The topological polar surface area (TPSA) is 56.5 Å². The van der Waals surface area contributed by atoms with Crippen molar-refractivity contribution in [3.63, 3.8) is 0 Å². The van der Waals surface area contributed by atoms with E-state index in [0.29, 0.717) is 5.56 Å². The average Bonchev–Trinajstić information content (AvgIpc) is 2.74. The summed E-state index contributed by atoms with van der Waals surface area (Å²) in [4.78, 5) is 25.7. The van der Waals surface area contributed by atoms with Crippen LogP contribution in [-0.2, 0) is 22.7 Å². The van der Waals surface area contributed by atoms with Crippen molar-refractivity contribution in [3.8, 4) is 0 Å². The lowest BCUT2D eigenvalue weighted by atomic mass is 10.1. The summed E-state index contributed by atoms with van der Waals surface area (Å²) in [5.41, 5.74) is 3.64. The Morgan fingerprint density at radius 3 is 1.83 bits per heavy atom. The molecule has 1 aromatic heterocycles. The van der Waals surface area contributed by atoms with E-state index in [2.05, 4.69) is 0 Å². The molecule has 0 aliphatic rings. The Morgan fingerprint density at radius 2 is 1.31 bits per heavy atom. The van der Waals surface area contributed by atoms with Crippen molar-refractivity contribution >= 4 is 34.8 Å². The lowest BCUT2D eigenvalue weighted by molar-refractivity contribution is -0.454. The molecule has 0 aliphatic carbocycles. The van der Waals surface area contributed by atoms with Crippen LogP contribution in [0.25, 0.3) is 0 Å². The second-order valence-electron chi connectivity index (χ2n) is 6.60. The Kier molecular flexibility index (Phi) is 6.98. The van der Waals surface area contributed by atoms with Gasteiger partial charge in [0.05, 0.1) is 0 Å². The zero-order valence-electron chi connectivity index (χ0n) is 16.2. The zero-order valence-corrected chi connectivity index (χ0v) is 18.4. The Bertz CT molecular complexity index is 1020. The van der Waals surface area contributed by atoms with Gasteiger partial charge in [0.1, 0.15) is 18.8 Å². The number of halogens is 1. The summed E-state index contributed by atoms with van der Waals surface area (Å²) in [5, 5.41) is 0. The molecule has 148 valence electrons. The second-order valence-corrected chi connectivity index (χ2v) is 7.56. The highest BCUT2D eigenvalue weighted by atomic mass is 127. The Morgan fingerprint density at radius 1 is 0.828 bits per heavy atom. The Labute approximate surface area is 183 Å². The van der Waals surface area contributed by atoms with Crippen molar-refractivity contribution in [1.82, 2.24) is 0 Å². The van der Waals surface area contributed by atoms with E-state index in [1.165, 1.54) is 0 Å². The Balaban J connectivity index is 1.85. The predicted molar refractivity (Wildman–Crippen MR) is 117 cm³/mol. The smallest absolute Gasteiger partial charge is 0.405 e. The van der Waals surface area contributed by atoms with Crippen LogP contribution in [-0.4, -0.2) is 11.9 Å². The van der Waals surface area contributed by atoms with Crippen molar-refractivity contribution in [2.45, 2.75) is 27.1 Å². The highest BCUT2D eigenvalue weighted by Crippen LogP contribution is 2.18. The predicted octanol–water partition coefficient (Wildman–Crippen LogP) is 4.50. The van der Waals surface area contributed by atoms with E-state index in [4.69, 9.17) is 9.47 Å². The number of rotatable bonds is 6. The summed E-state index contributed by atoms with van der Waals surface area (Å²) in [6.07, 6.45) is 0. The van der Waals surface area contributed by atoms with Crippen molar-refractivity contribution < 1.29 is 21.8 Å². The third-order valence-corrected chi connectivity index (χ3v) is 5.63. The number of hydrogen-bond donors (Lipinski definition) is 0. The molecule has 0 radical (unpaired) electrons. The SMILES string of the molecule is Cc1cc(C)[n+](I)c(C(=O)OCc2ccccc2)c1C(=O)OCc1ccccc1. The minimum absolute atomic E-state index is 0.127. The molecule has 0 saturated heterocycles. The first-order valence-corrected chi connectivity index (χ1v) is 10.1. The Hall–Kier alpha value is -2.74. The molecule has 0 unspecified atom stereocenters. The molecule has 1 heterocycles. The third kappa shape index (κ3) is 5.20. The van der Waals surface area contributed by atoms with Crippen molar-refractivity contribution in [1.29, 1.82) is 0 Å². The van der Waals surface area contributed by atoms with Gasteiger partial charge in [-0.05, 0) is 23.6 Å². The molecule has 0 saturated carbocycles. The molecule has 6 heteroatoms. The number of benzene rings is 2. The number of nitrogens with zero attached hydrogens (tertiary/aromatic N) is 1. The van der Waals surface area contributed by atoms with E-state index in [1.54, 1.807) is 9.70 Å². The van der Waals surface area contributed by atoms with Gasteiger partial charge in [-0.1, -0.05) is 60.7 Å². The number of ether oxygens (including phenoxy) is 2. The summed E-state index contributed by atoms with van der Waals surface area (Å²) < 4.78 is 12.6. The van der Waals surface area contributed by atoms with Crippen LogP contribution in [0.15, 0.2) is 66.7 Å². The standard InChI is InChI=1S/C23H21INO4/c1-16-13-17(2)25(24)21(23(27)29-15-19-11-7-4-8-12-19)20(16)22(26)28-14-18-9-5-3-6-10-18/h3-13H,14-15H2,1-2H3/q+1. The van der Waals surface area contributed by atoms with Gasteiger partial charge < -0.3 is 9.47 Å². The molecule has 0 fully saturated rings. The van der Waals surface area contributed by atoms with Crippen molar-refractivity contribution in [2.24, 2.45) is 0 Å². The van der Waals surface area contributed by atoms with Crippen LogP contribution in [0.4, 0.5) is 0 Å². The number of aryl methyl sites for hydroxylation is 2. The molecule has 0 N–H and O–H groups in total. The number of carbonyl (C=O) groups excluding carboxylic acids is 2. The normalized spacial score (nSPS) is 10.4. The first-order valence-electron chi connectivity index (χ1n) is 9.12. The van der Waals surface area contributed by atoms with E-state index in [1.807, 2.05) is 96.5 Å². The molecular weight excluding hydrogens is 481 g/mol. The first-order chi connectivity index (χ1) is 14.0. The first kappa shape index (κ1) is 21.0. The van der Waals surface area contributed by atoms with E-state index >= 15 is 0 Å². The van der Waals surface area contributed by atoms with E-state index in [-0.39, 0.29) is 24.5 Å². The molecule has 0 spiro atoms. The molecule has 0 bridgehead atoms. The fraction of sp³-hybridized carbons (Fsp3) is 0.174. The number of carbonyl (C=O) groups is 2. The van der Waals surface area contributed by atoms with Crippen LogP contribution in [0.3, 0.4) is 0 Å². The van der Waals surface area contributed by atoms with Gasteiger partial charge in [-0.15, -0.1) is 2.78 Å². The van der Waals surface area contributed by atoms with Gasteiger partial charge in [0.25, 0.3) is 0 Å². The van der Waals surface area contributed by atoms with E-state index < -0.39 is 11.9 Å². The third-order valence-electron chi connectivity index (χ3n) is 4.39. The zero-order chi connectivity index (χ0) is 20.8. The lowest BCUT2D eigenvalue weighted by Gasteiger charge is -2.11. The summed E-state index contributed by atoms with van der Waals surface area (Å²) in [6.45, 7) is 3.91. The number of aromatic nitrogens is 1. The average molecular weight is 502 g/mol. The van der Waals surface area contributed by atoms with Crippen LogP contribution in [0.2, 0.25) is 0 Å². The molecular formula is C23H21INO4+. The van der Waals surface area contributed by atoms with E-state index in [9.17, 15) is 9.59 Å². The molecule has 0 atom stereocenters. The largest absolute Gasteiger partial charge is 0.457 e. The number of pyridine rings is 1. The van der Waals surface area contributed by atoms with Gasteiger partial charge in [-0.2, -0.15) is 0 Å². The molecule has 29 heavy (non-hydrogen) atoms. The second kappa shape index (κ2) is 9.65. The maximum atomic E-state index is 12.9. The highest BCUT2D eigenvalue weighted by molar-refractivity contribution is 14.1. The summed E-state index contributed by atoms with van der Waals surface area (Å²) in [5.74, 6) is -1.12. The monoisotopic (exact) mass is 502 g/mol. The minimum Gasteiger partial charge on any atom is -0.457 e. The van der Waals surface area contributed by atoms with E-state index in [0.717, 1.165) is 16.8 Å². The number of hydrogen-bond acceptors (Lipinski definition) is 4. The number of esters is 2. The molecule has 5 nitrogen and oxygen atoms in total. The van der Waals surface area contributed by atoms with Gasteiger partial charge in [0.15, 0.2) is 5.69 Å². The van der Waals surface area contributed by atoms with Crippen LogP contribution in [0.1, 0.15) is 43.2 Å².